The Kier molecular flexibility index (Phi) is 5.01. The van der Waals surface area contributed by atoms with Crippen LogP contribution in [0.3, 0.4) is 0 Å². The number of rotatable bonds is 5. The van der Waals surface area contributed by atoms with E-state index < -0.39 is 0 Å². The largest absolute Gasteiger partial charge is 0.356 e. The third-order valence-electron chi connectivity index (χ3n) is 5.25. The Labute approximate surface area is 154 Å². The van der Waals surface area contributed by atoms with Crippen LogP contribution < -0.4 is 9.80 Å². The molecule has 2 aromatic heterocycles. The summed E-state index contributed by atoms with van der Waals surface area (Å²) in [4.78, 5) is 16.8. The summed E-state index contributed by atoms with van der Waals surface area (Å²) in [5.74, 6) is 1.98. The second kappa shape index (κ2) is 7.57. The van der Waals surface area contributed by atoms with E-state index in [0.29, 0.717) is 0 Å². The van der Waals surface area contributed by atoms with Crippen LogP contribution in [0.2, 0.25) is 0 Å². The van der Waals surface area contributed by atoms with E-state index in [4.69, 9.17) is 9.97 Å². The molecule has 0 amide bonds. The van der Waals surface area contributed by atoms with E-state index in [0.717, 1.165) is 75.4 Å². The molecule has 0 spiro atoms. The van der Waals surface area contributed by atoms with Gasteiger partial charge in [0.25, 0.3) is 0 Å². The van der Waals surface area contributed by atoms with Crippen molar-refractivity contribution in [1.82, 2.24) is 29.9 Å². The van der Waals surface area contributed by atoms with Gasteiger partial charge in [-0.25, -0.2) is 4.98 Å². The molecule has 2 aliphatic rings. The fourth-order valence-electron chi connectivity index (χ4n) is 3.74. The summed E-state index contributed by atoms with van der Waals surface area (Å²) in [6.45, 7) is 9.36. The topological polar surface area (TPSA) is 66.2 Å². The molecule has 0 atom stereocenters. The first-order valence-electron chi connectivity index (χ1n) is 9.60. The number of hydrogen-bond acceptors (Lipinski definition) is 7. The zero-order valence-corrected chi connectivity index (χ0v) is 15.8. The van der Waals surface area contributed by atoms with Crippen molar-refractivity contribution in [1.29, 1.82) is 0 Å². The lowest BCUT2D eigenvalue weighted by molar-refractivity contribution is 0.259. The van der Waals surface area contributed by atoms with Gasteiger partial charge >= 0.3 is 0 Å². The minimum Gasteiger partial charge on any atom is -0.356 e. The van der Waals surface area contributed by atoms with Gasteiger partial charge in [0.15, 0.2) is 0 Å². The van der Waals surface area contributed by atoms with Crippen molar-refractivity contribution in [2.45, 2.75) is 26.2 Å². The highest BCUT2D eigenvalue weighted by molar-refractivity contribution is 5.46. The molecular weight excluding hydrogens is 328 g/mol. The molecule has 0 aliphatic carbocycles. The molecule has 0 saturated carbocycles. The van der Waals surface area contributed by atoms with Crippen LogP contribution in [0.15, 0.2) is 12.3 Å². The van der Waals surface area contributed by atoms with Crippen LogP contribution in [0.1, 0.15) is 24.2 Å². The van der Waals surface area contributed by atoms with Gasteiger partial charge in [0, 0.05) is 77.2 Å². The highest BCUT2D eigenvalue weighted by Crippen LogP contribution is 2.22. The molecule has 2 aromatic rings. The lowest BCUT2D eigenvalue weighted by atomic mass is 10.2. The third kappa shape index (κ3) is 3.95. The van der Waals surface area contributed by atoms with E-state index in [1.807, 2.05) is 13.2 Å². The highest BCUT2D eigenvalue weighted by atomic mass is 15.4. The van der Waals surface area contributed by atoms with Crippen molar-refractivity contribution in [2.75, 3.05) is 55.6 Å². The van der Waals surface area contributed by atoms with Gasteiger partial charge in [-0.05, 0) is 19.8 Å². The predicted octanol–water partition coefficient (Wildman–Crippen LogP) is 0.878. The molecule has 140 valence electrons. The number of piperazine rings is 1. The molecule has 2 saturated heterocycles. The van der Waals surface area contributed by atoms with Gasteiger partial charge in [0.1, 0.15) is 5.82 Å². The molecule has 4 rings (SSSR count). The standard InChI is InChI=1S/C18H28N8/c1-15-13-17(25-6-3-4-7-25)20-18(19-15)26-11-9-24(10-12-26)8-5-16-14-23(2)22-21-16/h13-14H,3-12H2,1-2H3. The highest BCUT2D eigenvalue weighted by Gasteiger charge is 2.21. The Morgan fingerprint density at radius 2 is 1.73 bits per heavy atom. The maximum absolute atomic E-state index is 4.86. The van der Waals surface area contributed by atoms with Crippen LogP contribution >= 0.6 is 0 Å². The van der Waals surface area contributed by atoms with Gasteiger partial charge in [-0.1, -0.05) is 5.21 Å². The summed E-state index contributed by atoms with van der Waals surface area (Å²) in [5.41, 5.74) is 2.12. The van der Waals surface area contributed by atoms with E-state index in [-0.39, 0.29) is 0 Å². The van der Waals surface area contributed by atoms with E-state index in [1.165, 1.54) is 12.8 Å². The van der Waals surface area contributed by atoms with E-state index in [9.17, 15) is 0 Å². The second-order valence-electron chi connectivity index (χ2n) is 7.32. The van der Waals surface area contributed by atoms with Crippen molar-refractivity contribution < 1.29 is 0 Å². The number of aromatic nitrogens is 5. The summed E-state index contributed by atoms with van der Waals surface area (Å²) in [7, 11) is 1.91. The van der Waals surface area contributed by atoms with Gasteiger partial charge in [-0.15, -0.1) is 5.10 Å². The third-order valence-corrected chi connectivity index (χ3v) is 5.25. The Bertz CT molecular complexity index is 729. The van der Waals surface area contributed by atoms with Crippen LogP contribution in [-0.4, -0.2) is 75.7 Å². The minimum atomic E-state index is 0.889. The van der Waals surface area contributed by atoms with Gasteiger partial charge < -0.3 is 9.80 Å². The van der Waals surface area contributed by atoms with Gasteiger partial charge in [0.2, 0.25) is 5.95 Å². The van der Waals surface area contributed by atoms with Crippen LogP contribution in [0.4, 0.5) is 11.8 Å². The summed E-state index contributed by atoms with van der Waals surface area (Å²) in [6, 6.07) is 2.12. The first kappa shape index (κ1) is 17.2. The smallest absolute Gasteiger partial charge is 0.227 e. The first-order chi connectivity index (χ1) is 12.7. The molecule has 2 fully saturated rings. The number of anilines is 2. The van der Waals surface area contributed by atoms with Crippen molar-refractivity contribution >= 4 is 11.8 Å². The zero-order valence-electron chi connectivity index (χ0n) is 15.8. The van der Waals surface area contributed by atoms with Crippen molar-refractivity contribution in [3.8, 4) is 0 Å². The van der Waals surface area contributed by atoms with Gasteiger partial charge in [-0.3, -0.25) is 9.58 Å². The van der Waals surface area contributed by atoms with E-state index in [1.54, 1.807) is 4.68 Å². The molecule has 0 aromatic carbocycles. The monoisotopic (exact) mass is 356 g/mol. The molecule has 0 radical (unpaired) electrons. The number of aryl methyl sites for hydroxylation is 2. The van der Waals surface area contributed by atoms with E-state index >= 15 is 0 Å². The van der Waals surface area contributed by atoms with E-state index in [2.05, 4.69) is 38.0 Å². The molecule has 4 heterocycles. The normalized spacial score (nSPS) is 18.7. The van der Waals surface area contributed by atoms with Crippen molar-refractivity contribution in [3.05, 3.63) is 23.7 Å². The Morgan fingerprint density at radius 3 is 2.42 bits per heavy atom. The van der Waals surface area contributed by atoms with Gasteiger partial charge in [-0.2, -0.15) is 4.98 Å². The van der Waals surface area contributed by atoms with Crippen LogP contribution in [0.5, 0.6) is 0 Å². The maximum atomic E-state index is 4.86. The van der Waals surface area contributed by atoms with Crippen LogP contribution in [0, 0.1) is 6.92 Å². The lowest BCUT2D eigenvalue weighted by Gasteiger charge is -2.35. The fraction of sp³-hybridized carbons (Fsp3) is 0.667. The summed E-state index contributed by atoms with van der Waals surface area (Å²) in [5, 5.41) is 8.17. The second-order valence-corrected chi connectivity index (χ2v) is 7.32. The Hall–Kier alpha value is -2.22. The fourth-order valence-corrected chi connectivity index (χ4v) is 3.74. The SMILES string of the molecule is Cc1cc(N2CCCC2)nc(N2CCN(CCc3cn(C)nn3)CC2)n1. The maximum Gasteiger partial charge on any atom is 0.227 e. The Balaban J connectivity index is 1.34. The summed E-state index contributed by atoms with van der Waals surface area (Å²) >= 11 is 0. The van der Waals surface area contributed by atoms with Crippen LogP contribution in [-0.2, 0) is 13.5 Å². The molecule has 0 N–H and O–H groups in total. The minimum absolute atomic E-state index is 0.889. The number of hydrogen-bond donors (Lipinski definition) is 0. The van der Waals surface area contributed by atoms with Crippen molar-refractivity contribution in [2.24, 2.45) is 7.05 Å². The van der Waals surface area contributed by atoms with Crippen molar-refractivity contribution in [3.63, 3.8) is 0 Å². The molecule has 26 heavy (non-hydrogen) atoms. The zero-order chi connectivity index (χ0) is 17.9. The quantitative estimate of drug-likeness (QED) is 0.788. The summed E-state index contributed by atoms with van der Waals surface area (Å²) < 4.78 is 1.76. The molecule has 8 heteroatoms. The summed E-state index contributed by atoms with van der Waals surface area (Å²) in [6.07, 6.45) is 5.48. The lowest BCUT2D eigenvalue weighted by Crippen LogP contribution is -2.47. The van der Waals surface area contributed by atoms with Gasteiger partial charge in [0.05, 0.1) is 5.69 Å². The first-order valence-corrected chi connectivity index (χ1v) is 9.60. The van der Waals surface area contributed by atoms with Crippen LogP contribution in [0.25, 0.3) is 0 Å². The Morgan fingerprint density at radius 1 is 0.962 bits per heavy atom. The predicted molar refractivity (Wildman–Crippen MR) is 102 cm³/mol. The molecule has 0 bridgehead atoms. The molecule has 2 aliphatic heterocycles. The average molecular weight is 356 g/mol. The average Bonchev–Trinajstić information content (AvgIpc) is 3.32. The number of nitrogens with zero attached hydrogens (tertiary/aromatic N) is 8. The molecular formula is C18H28N8. The molecule has 0 unspecified atom stereocenters. The molecule has 8 nitrogen and oxygen atoms in total.